The largest absolute Gasteiger partial charge is 0.416 e. The van der Waals surface area contributed by atoms with Crippen LogP contribution in [-0.4, -0.2) is 44.9 Å². The van der Waals surface area contributed by atoms with Crippen LogP contribution in [0.3, 0.4) is 0 Å². The van der Waals surface area contributed by atoms with Gasteiger partial charge in [0.1, 0.15) is 6.10 Å². The molecule has 0 bridgehead atoms. The molecule has 27 heavy (non-hydrogen) atoms. The van der Waals surface area contributed by atoms with Crippen LogP contribution in [0.5, 0.6) is 0 Å². The van der Waals surface area contributed by atoms with Crippen LogP contribution >= 0.6 is 0 Å². The number of carbonyl (C=O) groups is 1. The Morgan fingerprint density at radius 2 is 1.93 bits per heavy atom. The average molecular weight is 388 g/mol. The maximum Gasteiger partial charge on any atom is 0.416 e. The molecular weight excluding hydrogens is 361 g/mol. The number of rotatable bonds is 8. The number of nitrogens with zero attached hydrogens (tertiary/aromatic N) is 1. The third-order valence-corrected chi connectivity index (χ3v) is 4.45. The molecule has 1 fully saturated rings. The van der Waals surface area contributed by atoms with E-state index in [9.17, 15) is 18.0 Å². The number of benzene rings is 1. The summed E-state index contributed by atoms with van der Waals surface area (Å²) in [5, 5.41) is 2.61. The molecule has 0 aliphatic carbocycles. The maximum atomic E-state index is 13.1. The zero-order valence-corrected chi connectivity index (χ0v) is 15.8. The molecule has 152 valence electrons. The number of piperidine rings is 1. The molecule has 0 saturated carbocycles. The van der Waals surface area contributed by atoms with E-state index in [-0.39, 0.29) is 12.3 Å². The van der Waals surface area contributed by atoms with Crippen LogP contribution in [0.4, 0.5) is 24.5 Å². The highest BCUT2D eigenvalue weighted by Crippen LogP contribution is 2.36. The molecule has 1 aliphatic heterocycles. The fraction of sp³-hybridized carbons (Fsp3) is 0.632. The Labute approximate surface area is 157 Å². The van der Waals surface area contributed by atoms with E-state index in [1.807, 2.05) is 11.8 Å². The lowest BCUT2D eigenvalue weighted by atomic mass is 10.1. The molecule has 1 N–H and O–H groups in total. The molecule has 1 aromatic carbocycles. The summed E-state index contributed by atoms with van der Waals surface area (Å²) in [5.74, 6) is -0.482. The van der Waals surface area contributed by atoms with E-state index in [2.05, 4.69) is 5.32 Å². The summed E-state index contributed by atoms with van der Waals surface area (Å²) >= 11 is 0. The van der Waals surface area contributed by atoms with Gasteiger partial charge in [-0.2, -0.15) is 13.2 Å². The molecule has 0 aromatic heterocycles. The van der Waals surface area contributed by atoms with Crippen molar-refractivity contribution in [2.75, 3.05) is 43.1 Å². The van der Waals surface area contributed by atoms with Gasteiger partial charge in [-0.25, -0.2) is 0 Å². The van der Waals surface area contributed by atoms with E-state index in [1.54, 1.807) is 6.92 Å². The second kappa shape index (κ2) is 9.94. The van der Waals surface area contributed by atoms with E-state index in [4.69, 9.17) is 9.47 Å². The first-order valence-corrected chi connectivity index (χ1v) is 9.29. The smallest absolute Gasteiger partial charge is 0.379 e. The standard InChI is InChI=1S/C19H27F3N2O3/c1-3-26-11-12-27-14(2)18(25)23-16-13-15(19(20,21)22)7-8-17(16)24-9-5-4-6-10-24/h7-8,13-14H,3-6,9-12H2,1-2H3,(H,23,25). The van der Waals surface area contributed by atoms with Crippen LogP contribution in [0.2, 0.25) is 0 Å². The number of halogens is 3. The summed E-state index contributed by atoms with van der Waals surface area (Å²) in [6.45, 7) is 6.08. The van der Waals surface area contributed by atoms with Crippen LogP contribution in [0.25, 0.3) is 0 Å². The van der Waals surface area contributed by atoms with E-state index in [0.29, 0.717) is 18.9 Å². The van der Waals surface area contributed by atoms with Gasteiger partial charge in [0, 0.05) is 19.7 Å². The van der Waals surface area contributed by atoms with E-state index in [1.165, 1.54) is 6.07 Å². The summed E-state index contributed by atoms with van der Waals surface area (Å²) in [6, 6.07) is 3.49. The maximum absolute atomic E-state index is 13.1. The van der Waals surface area contributed by atoms with Crippen LogP contribution in [0, 0.1) is 0 Å². The highest BCUT2D eigenvalue weighted by molar-refractivity contribution is 5.97. The Kier molecular flexibility index (Phi) is 7.91. The fourth-order valence-electron chi connectivity index (χ4n) is 2.96. The Hall–Kier alpha value is -1.80. The van der Waals surface area contributed by atoms with Gasteiger partial charge in [-0.3, -0.25) is 4.79 Å². The number of carbonyl (C=O) groups excluding carboxylic acids is 1. The van der Waals surface area contributed by atoms with Crippen LogP contribution in [0.1, 0.15) is 38.7 Å². The lowest BCUT2D eigenvalue weighted by molar-refractivity contribution is -0.137. The predicted molar refractivity (Wildman–Crippen MR) is 98.0 cm³/mol. The second-order valence-corrected chi connectivity index (χ2v) is 6.48. The quantitative estimate of drug-likeness (QED) is 0.682. The number of hydrogen-bond donors (Lipinski definition) is 1. The molecule has 1 aliphatic rings. The first-order valence-electron chi connectivity index (χ1n) is 9.29. The van der Waals surface area contributed by atoms with Gasteiger partial charge in [-0.05, 0) is 51.3 Å². The van der Waals surface area contributed by atoms with E-state index < -0.39 is 23.8 Å². The highest BCUT2D eigenvalue weighted by Gasteiger charge is 2.32. The first kappa shape index (κ1) is 21.5. The van der Waals surface area contributed by atoms with Gasteiger partial charge < -0.3 is 19.7 Å². The van der Waals surface area contributed by atoms with Crippen LogP contribution in [0.15, 0.2) is 18.2 Å². The van der Waals surface area contributed by atoms with Gasteiger partial charge in [0.25, 0.3) is 5.91 Å². The average Bonchev–Trinajstić information content (AvgIpc) is 2.65. The first-order chi connectivity index (χ1) is 12.8. The van der Waals surface area contributed by atoms with Crippen molar-refractivity contribution in [3.63, 3.8) is 0 Å². The minimum Gasteiger partial charge on any atom is -0.379 e. The number of alkyl halides is 3. The van der Waals surface area contributed by atoms with Crippen molar-refractivity contribution in [3.8, 4) is 0 Å². The number of anilines is 2. The molecule has 5 nitrogen and oxygen atoms in total. The van der Waals surface area contributed by atoms with Crippen molar-refractivity contribution in [2.45, 2.75) is 45.4 Å². The molecule has 1 atom stereocenters. The van der Waals surface area contributed by atoms with Crippen molar-refractivity contribution in [3.05, 3.63) is 23.8 Å². The van der Waals surface area contributed by atoms with Crippen molar-refractivity contribution in [1.29, 1.82) is 0 Å². The minimum absolute atomic E-state index is 0.164. The summed E-state index contributed by atoms with van der Waals surface area (Å²) in [7, 11) is 0. The van der Waals surface area contributed by atoms with Gasteiger partial charge in [-0.15, -0.1) is 0 Å². The van der Waals surface area contributed by atoms with E-state index >= 15 is 0 Å². The SMILES string of the molecule is CCOCCOC(C)C(=O)Nc1cc(C(F)(F)F)ccc1N1CCCCC1. The van der Waals surface area contributed by atoms with Gasteiger partial charge in [0.2, 0.25) is 0 Å². The van der Waals surface area contributed by atoms with Crippen LogP contribution in [-0.2, 0) is 20.4 Å². The summed E-state index contributed by atoms with van der Waals surface area (Å²) in [5.41, 5.74) is -0.0157. The normalized spacial score (nSPS) is 16.3. The van der Waals surface area contributed by atoms with E-state index in [0.717, 1.165) is 44.5 Å². The van der Waals surface area contributed by atoms with Crippen molar-refractivity contribution >= 4 is 17.3 Å². The third kappa shape index (κ3) is 6.39. The zero-order chi connectivity index (χ0) is 19.9. The Morgan fingerprint density at radius 3 is 2.56 bits per heavy atom. The fourth-order valence-corrected chi connectivity index (χ4v) is 2.96. The molecule has 8 heteroatoms. The predicted octanol–water partition coefficient (Wildman–Crippen LogP) is 4.08. The molecule has 1 saturated heterocycles. The molecule has 0 radical (unpaired) electrons. The second-order valence-electron chi connectivity index (χ2n) is 6.48. The molecule has 1 unspecified atom stereocenters. The molecule has 1 heterocycles. The topological polar surface area (TPSA) is 50.8 Å². The molecular formula is C19H27F3N2O3. The molecule has 2 rings (SSSR count). The summed E-state index contributed by atoms with van der Waals surface area (Å²) in [6.07, 6.45) is -2.21. The van der Waals surface area contributed by atoms with Gasteiger partial charge >= 0.3 is 6.18 Å². The summed E-state index contributed by atoms with van der Waals surface area (Å²) < 4.78 is 49.9. The highest BCUT2D eigenvalue weighted by atomic mass is 19.4. The van der Waals surface area contributed by atoms with Crippen molar-refractivity contribution in [2.24, 2.45) is 0 Å². The minimum atomic E-state index is -4.47. The van der Waals surface area contributed by atoms with Crippen molar-refractivity contribution < 1.29 is 27.4 Å². The molecule has 1 amide bonds. The van der Waals surface area contributed by atoms with Crippen molar-refractivity contribution in [1.82, 2.24) is 0 Å². The van der Waals surface area contributed by atoms with Gasteiger partial charge in [0.15, 0.2) is 0 Å². The lowest BCUT2D eigenvalue weighted by Gasteiger charge is -2.31. The zero-order valence-electron chi connectivity index (χ0n) is 15.8. The monoisotopic (exact) mass is 388 g/mol. The third-order valence-electron chi connectivity index (χ3n) is 4.45. The Balaban J connectivity index is 2.14. The molecule has 0 spiro atoms. The number of amides is 1. The summed E-state index contributed by atoms with van der Waals surface area (Å²) in [4.78, 5) is 14.4. The van der Waals surface area contributed by atoms with Gasteiger partial charge in [0.05, 0.1) is 30.2 Å². The lowest BCUT2D eigenvalue weighted by Crippen LogP contribution is -2.33. The van der Waals surface area contributed by atoms with Crippen LogP contribution < -0.4 is 10.2 Å². The Morgan fingerprint density at radius 1 is 1.22 bits per heavy atom. The number of nitrogens with one attached hydrogen (secondary N) is 1. The molecule has 1 aromatic rings. The Bertz CT molecular complexity index is 617. The number of hydrogen-bond acceptors (Lipinski definition) is 4. The number of ether oxygens (including phenoxy) is 2. The van der Waals surface area contributed by atoms with Gasteiger partial charge in [-0.1, -0.05) is 0 Å².